The van der Waals surface area contributed by atoms with E-state index in [1.807, 2.05) is 18.2 Å². The fraction of sp³-hybridized carbons (Fsp3) is 0.318. The van der Waals surface area contributed by atoms with Gasteiger partial charge in [0.2, 0.25) is 5.91 Å². The van der Waals surface area contributed by atoms with Crippen molar-refractivity contribution in [1.29, 1.82) is 0 Å². The van der Waals surface area contributed by atoms with Crippen molar-refractivity contribution < 1.29 is 9.59 Å². The van der Waals surface area contributed by atoms with Crippen LogP contribution in [0.25, 0.3) is 0 Å². The topological polar surface area (TPSA) is 109 Å². The van der Waals surface area contributed by atoms with Gasteiger partial charge >= 0.3 is 0 Å². The Morgan fingerprint density at radius 2 is 1.69 bits per heavy atom. The first-order valence-corrected chi connectivity index (χ1v) is 9.64. The van der Waals surface area contributed by atoms with Gasteiger partial charge in [0.05, 0.1) is 6.54 Å². The first-order valence-electron chi connectivity index (χ1n) is 9.64. The first-order chi connectivity index (χ1) is 14.0. The monoisotopic (exact) mass is 395 g/mol. The number of nitrogens with one attached hydrogen (secondary N) is 3. The molecule has 29 heavy (non-hydrogen) atoms. The predicted molar refractivity (Wildman–Crippen MR) is 116 cm³/mol. The summed E-state index contributed by atoms with van der Waals surface area (Å²) in [7, 11) is 1.74. The van der Waals surface area contributed by atoms with E-state index in [1.54, 1.807) is 19.2 Å². The zero-order valence-electron chi connectivity index (χ0n) is 16.9. The summed E-state index contributed by atoms with van der Waals surface area (Å²) in [5, 5.41) is 9.14. The molecule has 0 saturated heterocycles. The van der Waals surface area contributed by atoms with Gasteiger partial charge in [-0.1, -0.05) is 42.5 Å². The summed E-state index contributed by atoms with van der Waals surface area (Å²) >= 11 is 0. The smallest absolute Gasteiger partial charge is 0.251 e. The Morgan fingerprint density at radius 3 is 2.31 bits per heavy atom. The number of nitrogens with zero attached hydrogens (tertiary/aromatic N) is 1. The van der Waals surface area contributed by atoms with Gasteiger partial charge < -0.3 is 21.7 Å². The second-order valence-corrected chi connectivity index (χ2v) is 6.84. The van der Waals surface area contributed by atoms with Gasteiger partial charge in [-0.2, -0.15) is 0 Å². The van der Waals surface area contributed by atoms with E-state index >= 15 is 0 Å². The summed E-state index contributed by atoms with van der Waals surface area (Å²) in [5.41, 5.74) is 7.84. The van der Waals surface area contributed by atoms with Crippen LogP contribution in [0.15, 0.2) is 59.6 Å². The molecule has 2 amide bonds. The lowest BCUT2D eigenvalue weighted by Gasteiger charge is -2.18. The van der Waals surface area contributed by atoms with Gasteiger partial charge in [0, 0.05) is 25.2 Å². The fourth-order valence-electron chi connectivity index (χ4n) is 2.76. The van der Waals surface area contributed by atoms with E-state index in [0.29, 0.717) is 12.1 Å². The second-order valence-electron chi connectivity index (χ2n) is 6.84. The molecule has 0 saturated carbocycles. The Kier molecular flexibility index (Phi) is 8.69. The molecule has 7 heteroatoms. The van der Waals surface area contributed by atoms with Crippen molar-refractivity contribution in [2.75, 3.05) is 13.6 Å². The normalized spacial score (nSPS) is 12.1. The van der Waals surface area contributed by atoms with Crippen molar-refractivity contribution in [1.82, 2.24) is 16.0 Å². The summed E-state index contributed by atoms with van der Waals surface area (Å²) in [6.07, 6.45) is 2.01. The summed E-state index contributed by atoms with van der Waals surface area (Å²) in [5.74, 6) is -0.169. The van der Waals surface area contributed by atoms with Crippen molar-refractivity contribution in [3.05, 3.63) is 71.3 Å². The number of primary amides is 1. The molecule has 0 radical (unpaired) electrons. The number of benzene rings is 2. The Labute approximate surface area is 171 Å². The quantitative estimate of drug-likeness (QED) is 0.382. The largest absolute Gasteiger partial charge is 0.368 e. The Hall–Kier alpha value is -3.35. The third-order valence-electron chi connectivity index (χ3n) is 4.41. The minimum absolute atomic E-state index is 0.174. The number of aliphatic imine (C=N–C) groups is 1. The maximum absolute atomic E-state index is 11.9. The maximum Gasteiger partial charge on any atom is 0.251 e. The van der Waals surface area contributed by atoms with Crippen LogP contribution in [0, 0.1) is 0 Å². The molecule has 154 valence electrons. The number of hydrogen-bond donors (Lipinski definition) is 4. The van der Waals surface area contributed by atoms with E-state index in [9.17, 15) is 9.59 Å². The second kappa shape index (κ2) is 11.5. The minimum atomic E-state index is -0.573. The van der Waals surface area contributed by atoms with Gasteiger partial charge in [0.15, 0.2) is 5.96 Å². The van der Waals surface area contributed by atoms with E-state index in [2.05, 4.69) is 52.1 Å². The third kappa shape index (κ3) is 8.04. The molecule has 1 atom stereocenters. The SMILES string of the molecule is CN=C(NCc1ccc(C(=O)NCC(N)=O)cc1)NC(C)CCc1ccccc1. The van der Waals surface area contributed by atoms with Gasteiger partial charge in [-0.3, -0.25) is 14.6 Å². The molecule has 0 heterocycles. The molecule has 0 aliphatic rings. The number of hydrogen-bond acceptors (Lipinski definition) is 3. The summed E-state index contributed by atoms with van der Waals surface area (Å²) in [4.78, 5) is 26.9. The van der Waals surface area contributed by atoms with Gasteiger partial charge in [0.1, 0.15) is 0 Å². The average molecular weight is 396 g/mol. The number of carbonyl (C=O) groups is 2. The number of guanidine groups is 1. The van der Waals surface area contributed by atoms with Crippen LogP contribution >= 0.6 is 0 Å². The molecule has 5 N–H and O–H groups in total. The molecule has 2 rings (SSSR count). The van der Waals surface area contributed by atoms with Crippen LogP contribution < -0.4 is 21.7 Å². The lowest BCUT2D eigenvalue weighted by atomic mass is 10.1. The molecule has 0 fully saturated rings. The summed E-state index contributed by atoms with van der Waals surface area (Å²) < 4.78 is 0. The molecule has 2 aromatic carbocycles. The standard InChI is InChI=1S/C22H29N5O2/c1-16(8-9-17-6-4-3-5-7-17)27-22(24-2)26-14-18-10-12-19(13-11-18)21(29)25-15-20(23)28/h3-7,10-13,16H,8-9,14-15H2,1-2H3,(H2,23,28)(H,25,29)(H2,24,26,27). The number of nitrogens with two attached hydrogens (primary N) is 1. The van der Waals surface area contributed by atoms with Crippen LogP contribution in [-0.2, 0) is 17.8 Å². The molecule has 0 aromatic heterocycles. The van der Waals surface area contributed by atoms with Gasteiger partial charge in [-0.05, 0) is 43.0 Å². The summed E-state index contributed by atoms with van der Waals surface area (Å²) in [6.45, 7) is 2.54. The molecule has 1 unspecified atom stereocenters. The van der Waals surface area contributed by atoms with E-state index < -0.39 is 5.91 Å². The zero-order valence-corrected chi connectivity index (χ0v) is 16.9. The highest BCUT2D eigenvalue weighted by Gasteiger charge is 2.08. The predicted octanol–water partition coefficient (Wildman–Crippen LogP) is 1.59. The van der Waals surface area contributed by atoms with Crippen molar-refractivity contribution in [2.24, 2.45) is 10.7 Å². The van der Waals surface area contributed by atoms with Gasteiger partial charge in [-0.25, -0.2) is 0 Å². The van der Waals surface area contributed by atoms with Gasteiger partial charge in [-0.15, -0.1) is 0 Å². The first kappa shape index (κ1) is 21.9. The Balaban J connectivity index is 1.78. The van der Waals surface area contributed by atoms with Crippen molar-refractivity contribution in [3.63, 3.8) is 0 Å². The lowest BCUT2D eigenvalue weighted by Crippen LogP contribution is -2.42. The average Bonchev–Trinajstić information content (AvgIpc) is 2.74. The van der Waals surface area contributed by atoms with Crippen molar-refractivity contribution in [2.45, 2.75) is 32.4 Å². The molecule has 2 aromatic rings. The van der Waals surface area contributed by atoms with E-state index in [-0.39, 0.29) is 18.5 Å². The number of rotatable bonds is 9. The van der Waals surface area contributed by atoms with Crippen LogP contribution in [0.3, 0.4) is 0 Å². The van der Waals surface area contributed by atoms with Crippen LogP contribution in [0.1, 0.15) is 34.8 Å². The highest BCUT2D eigenvalue weighted by Crippen LogP contribution is 2.06. The van der Waals surface area contributed by atoms with Gasteiger partial charge in [0.25, 0.3) is 5.91 Å². The van der Waals surface area contributed by atoms with Crippen LogP contribution in [0.5, 0.6) is 0 Å². The number of amides is 2. The highest BCUT2D eigenvalue weighted by molar-refractivity contribution is 5.96. The van der Waals surface area contributed by atoms with Crippen LogP contribution in [-0.4, -0.2) is 37.4 Å². The van der Waals surface area contributed by atoms with Crippen LogP contribution in [0.4, 0.5) is 0 Å². The minimum Gasteiger partial charge on any atom is -0.368 e. The molecule has 0 spiro atoms. The molecule has 0 aliphatic carbocycles. The fourth-order valence-corrected chi connectivity index (χ4v) is 2.76. The lowest BCUT2D eigenvalue weighted by molar-refractivity contribution is -0.117. The zero-order chi connectivity index (χ0) is 21.1. The molecule has 0 aliphatic heterocycles. The van der Waals surface area contributed by atoms with Crippen LogP contribution in [0.2, 0.25) is 0 Å². The molecular weight excluding hydrogens is 366 g/mol. The molecular formula is C22H29N5O2. The number of aryl methyl sites for hydroxylation is 1. The van der Waals surface area contributed by atoms with E-state index in [1.165, 1.54) is 5.56 Å². The van der Waals surface area contributed by atoms with E-state index in [0.717, 1.165) is 24.4 Å². The Morgan fingerprint density at radius 1 is 1.00 bits per heavy atom. The van der Waals surface area contributed by atoms with Crippen molar-refractivity contribution >= 4 is 17.8 Å². The third-order valence-corrected chi connectivity index (χ3v) is 4.41. The number of carbonyl (C=O) groups excluding carboxylic acids is 2. The molecule has 0 bridgehead atoms. The Bertz CT molecular complexity index is 819. The maximum atomic E-state index is 11.9. The highest BCUT2D eigenvalue weighted by atomic mass is 16.2. The van der Waals surface area contributed by atoms with E-state index in [4.69, 9.17) is 5.73 Å². The van der Waals surface area contributed by atoms with Crippen molar-refractivity contribution in [3.8, 4) is 0 Å². The summed E-state index contributed by atoms with van der Waals surface area (Å²) in [6, 6.07) is 17.8. The molecule has 7 nitrogen and oxygen atoms in total.